The molecular formula is C15H22ClN3O3S. The van der Waals surface area contributed by atoms with E-state index in [1.54, 1.807) is 4.90 Å². The molecule has 0 spiro atoms. The predicted molar refractivity (Wildman–Crippen MR) is 90.0 cm³/mol. The van der Waals surface area contributed by atoms with Crippen LogP contribution in [0.15, 0.2) is 29.2 Å². The molecule has 0 N–H and O–H groups in total. The van der Waals surface area contributed by atoms with Gasteiger partial charge in [0.1, 0.15) is 0 Å². The molecule has 8 heteroatoms. The molecule has 6 nitrogen and oxygen atoms in total. The summed E-state index contributed by atoms with van der Waals surface area (Å²) in [6, 6.07) is 5.93. The molecule has 0 unspecified atom stereocenters. The van der Waals surface area contributed by atoms with Crippen molar-refractivity contribution in [3.8, 4) is 0 Å². The maximum atomic E-state index is 12.5. The van der Waals surface area contributed by atoms with Gasteiger partial charge in [-0.1, -0.05) is 11.6 Å². The van der Waals surface area contributed by atoms with Crippen molar-refractivity contribution >= 4 is 27.5 Å². The van der Waals surface area contributed by atoms with Gasteiger partial charge in [-0.15, -0.1) is 0 Å². The second-order valence-electron chi connectivity index (χ2n) is 5.75. The Hall–Kier alpha value is -1.15. The third-order valence-corrected chi connectivity index (χ3v) is 6.02. The predicted octanol–water partition coefficient (Wildman–Crippen LogP) is 1.12. The lowest BCUT2D eigenvalue weighted by Crippen LogP contribution is -2.42. The van der Waals surface area contributed by atoms with Gasteiger partial charge in [-0.05, 0) is 44.3 Å². The van der Waals surface area contributed by atoms with Crippen LogP contribution >= 0.6 is 11.6 Å². The topological polar surface area (TPSA) is 60.9 Å². The molecule has 128 valence electrons. The van der Waals surface area contributed by atoms with Gasteiger partial charge in [-0.3, -0.25) is 4.79 Å². The van der Waals surface area contributed by atoms with Crippen molar-refractivity contribution in [3.63, 3.8) is 0 Å². The van der Waals surface area contributed by atoms with Gasteiger partial charge in [0, 0.05) is 31.7 Å². The lowest BCUT2D eigenvalue weighted by atomic mass is 10.4. The van der Waals surface area contributed by atoms with Crippen LogP contribution in [0, 0.1) is 0 Å². The van der Waals surface area contributed by atoms with Crippen molar-refractivity contribution in [1.29, 1.82) is 0 Å². The number of hydrogen-bond acceptors (Lipinski definition) is 4. The molecule has 1 aromatic rings. The van der Waals surface area contributed by atoms with E-state index in [4.69, 9.17) is 11.6 Å². The van der Waals surface area contributed by atoms with E-state index in [9.17, 15) is 13.2 Å². The van der Waals surface area contributed by atoms with Crippen LogP contribution in [0.3, 0.4) is 0 Å². The van der Waals surface area contributed by atoms with Gasteiger partial charge in [0.05, 0.1) is 11.4 Å². The lowest BCUT2D eigenvalue weighted by Gasteiger charge is -2.24. The summed E-state index contributed by atoms with van der Waals surface area (Å²) < 4.78 is 26.1. The second kappa shape index (κ2) is 7.61. The normalized spacial score (nSPS) is 17.3. The van der Waals surface area contributed by atoms with Crippen molar-refractivity contribution in [2.75, 3.05) is 46.8 Å². The maximum Gasteiger partial charge on any atom is 0.243 e. The quantitative estimate of drug-likeness (QED) is 0.808. The highest BCUT2D eigenvalue weighted by Crippen LogP contribution is 2.17. The van der Waals surface area contributed by atoms with Gasteiger partial charge in [-0.25, -0.2) is 8.42 Å². The first kappa shape index (κ1) is 18.2. The molecule has 0 aliphatic carbocycles. The third kappa shape index (κ3) is 4.67. The van der Waals surface area contributed by atoms with E-state index < -0.39 is 10.0 Å². The van der Waals surface area contributed by atoms with E-state index in [0.717, 1.165) is 23.8 Å². The Morgan fingerprint density at radius 1 is 1.17 bits per heavy atom. The Morgan fingerprint density at radius 2 is 1.83 bits per heavy atom. The molecule has 23 heavy (non-hydrogen) atoms. The molecule has 1 fully saturated rings. The molecule has 1 amide bonds. The molecule has 1 saturated heterocycles. The highest BCUT2D eigenvalue weighted by molar-refractivity contribution is 7.89. The van der Waals surface area contributed by atoms with Crippen LogP contribution in [0.5, 0.6) is 0 Å². The van der Waals surface area contributed by atoms with Gasteiger partial charge >= 0.3 is 0 Å². The first-order valence-electron chi connectivity index (χ1n) is 7.49. The average Bonchev–Trinajstić information content (AvgIpc) is 2.72. The van der Waals surface area contributed by atoms with Crippen molar-refractivity contribution in [2.45, 2.75) is 11.3 Å². The molecule has 0 bridgehead atoms. The second-order valence-corrected chi connectivity index (χ2v) is 8.23. The molecule has 1 aromatic carbocycles. The zero-order valence-corrected chi connectivity index (χ0v) is 15.0. The molecule has 0 saturated carbocycles. The van der Waals surface area contributed by atoms with Crippen LogP contribution in [0.4, 0.5) is 0 Å². The minimum atomic E-state index is -3.69. The molecule has 2 rings (SSSR count). The van der Waals surface area contributed by atoms with Gasteiger partial charge in [-0.2, -0.15) is 4.31 Å². The number of sulfonamides is 1. The Kier molecular flexibility index (Phi) is 6.02. The Morgan fingerprint density at radius 3 is 2.48 bits per heavy atom. The smallest absolute Gasteiger partial charge is 0.243 e. The van der Waals surface area contributed by atoms with E-state index in [-0.39, 0.29) is 17.3 Å². The number of benzene rings is 1. The first-order valence-corrected chi connectivity index (χ1v) is 9.31. The largest absolute Gasteiger partial charge is 0.340 e. The van der Waals surface area contributed by atoms with Crippen LogP contribution in [0.2, 0.25) is 5.02 Å². The fraction of sp³-hybridized carbons (Fsp3) is 0.533. The summed E-state index contributed by atoms with van der Waals surface area (Å²) in [5.74, 6) is -0.166. The molecular weight excluding hydrogens is 338 g/mol. The minimum Gasteiger partial charge on any atom is -0.340 e. The van der Waals surface area contributed by atoms with Gasteiger partial charge in [0.15, 0.2) is 0 Å². The number of hydrogen-bond donors (Lipinski definition) is 0. The van der Waals surface area contributed by atoms with Crippen LogP contribution in [-0.2, 0) is 14.8 Å². The Labute approximate surface area is 142 Å². The summed E-state index contributed by atoms with van der Waals surface area (Å²) in [7, 11) is -0.251. The molecule has 0 radical (unpaired) electrons. The van der Waals surface area contributed by atoms with Crippen molar-refractivity contribution in [2.24, 2.45) is 0 Å². The average molecular weight is 360 g/mol. The number of nitrogens with zero attached hydrogens (tertiary/aromatic N) is 3. The first-order chi connectivity index (χ1) is 10.8. The van der Waals surface area contributed by atoms with Gasteiger partial charge in [0.25, 0.3) is 0 Å². The summed E-state index contributed by atoms with van der Waals surface area (Å²) in [6.07, 6.45) is 0.899. The van der Waals surface area contributed by atoms with Gasteiger partial charge in [0.2, 0.25) is 15.9 Å². The summed E-state index contributed by atoms with van der Waals surface area (Å²) in [5, 5.41) is 0.469. The highest BCUT2D eigenvalue weighted by Gasteiger charge is 2.25. The van der Waals surface area contributed by atoms with Crippen LogP contribution in [0.25, 0.3) is 0 Å². The summed E-state index contributed by atoms with van der Waals surface area (Å²) in [5.41, 5.74) is 0. The lowest BCUT2D eigenvalue weighted by molar-refractivity contribution is -0.131. The summed E-state index contributed by atoms with van der Waals surface area (Å²) in [4.78, 5) is 16.4. The van der Waals surface area contributed by atoms with Crippen LogP contribution in [-0.4, -0.2) is 75.2 Å². The van der Waals surface area contributed by atoms with Gasteiger partial charge < -0.3 is 9.80 Å². The van der Waals surface area contributed by atoms with E-state index in [2.05, 4.69) is 4.90 Å². The number of rotatable bonds is 4. The Bertz CT molecular complexity index is 648. The van der Waals surface area contributed by atoms with E-state index in [0.29, 0.717) is 18.1 Å². The third-order valence-electron chi connectivity index (χ3n) is 3.95. The van der Waals surface area contributed by atoms with Crippen molar-refractivity contribution in [1.82, 2.24) is 14.1 Å². The van der Waals surface area contributed by atoms with Crippen LogP contribution in [0.1, 0.15) is 6.42 Å². The molecule has 0 atom stereocenters. The number of carbonyl (C=O) groups is 1. The maximum absolute atomic E-state index is 12.5. The minimum absolute atomic E-state index is 0.132. The SMILES string of the molecule is CN1CCCN(C(=O)CN(C)S(=O)(=O)c2ccc(Cl)cc2)CC1. The van der Waals surface area contributed by atoms with E-state index in [1.165, 1.54) is 31.3 Å². The number of carbonyl (C=O) groups excluding carboxylic acids is 1. The zero-order valence-electron chi connectivity index (χ0n) is 13.4. The molecule has 1 aliphatic rings. The fourth-order valence-electron chi connectivity index (χ4n) is 2.46. The highest BCUT2D eigenvalue weighted by atomic mass is 35.5. The van der Waals surface area contributed by atoms with Crippen LogP contribution < -0.4 is 0 Å². The summed E-state index contributed by atoms with van der Waals surface area (Å²) >= 11 is 5.78. The Balaban J connectivity index is 2.03. The van der Waals surface area contributed by atoms with Crippen molar-refractivity contribution in [3.05, 3.63) is 29.3 Å². The molecule has 1 aliphatic heterocycles. The summed E-state index contributed by atoms with van der Waals surface area (Å²) in [6.45, 7) is 2.89. The number of amides is 1. The van der Waals surface area contributed by atoms with E-state index in [1.807, 2.05) is 7.05 Å². The molecule has 0 aromatic heterocycles. The number of halogens is 1. The molecule has 1 heterocycles. The van der Waals surface area contributed by atoms with E-state index >= 15 is 0 Å². The monoisotopic (exact) mass is 359 g/mol. The van der Waals surface area contributed by atoms with Crippen molar-refractivity contribution < 1.29 is 13.2 Å². The zero-order chi connectivity index (χ0) is 17.0. The fourth-order valence-corrected chi connectivity index (χ4v) is 3.70. The standard InChI is InChI=1S/C15H22ClN3O3S/c1-17-8-3-9-19(11-10-17)15(20)12-18(2)23(21,22)14-6-4-13(16)5-7-14/h4-7H,3,8-12H2,1-2H3. The number of likely N-dealkylation sites (N-methyl/N-ethyl adjacent to an activating group) is 2.